The number of rotatable bonds is 5. The number of aliphatic hydroxyl groups excluding tert-OH is 2. The molecule has 1 aliphatic heterocycles. The number of nitrogens with zero attached hydrogens (tertiary/aromatic N) is 3. The molecule has 0 spiro atoms. The largest absolute Gasteiger partial charge is 0.394 e. The predicted octanol–water partition coefficient (Wildman–Crippen LogP) is -0.445. The average molecular weight is 381 g/mol. The maximum absolute atomic E-state index is 14.3. The third-order valence-corrected chi connectivity index (χ3v) is 4.33. The Kier molecular flexibility index (Phi) is 5.17. The summed E-state index contributed by atoms with van der Waals surface area (Å²) in [5.41, 5.74) is -1.21. The van der Waals surface area contributed by atoms with Crippen molar-refractivity contribution in [2.45, 2.75) is 31.2 Å². The van der Waals surface area contributed by atoms with Gasteiger partial charge in [-0.3, -0.25) is 24.0 Å². The van der Waals surface area contributed by atoms with E-state index in [-0.39, 0.29) is 12.2 Å². The molecule has 2 N–H and O–H groups in total. The fourth-order valence-electron chi connectivity index (χ4n) is 2.85. The minimum absolute atomic E-state index is 0.139. The Morgan fingerprint density at radius 3 is 2.44 bits per heavy atom. The van der Waals surface area contributed by atoms with Gasteiger partial charge in [0.2, 0.25) is 0 Å². The van der Waals surface area contributed by atoms with Crippen molar-refractivity contribution in [3.05, 3.63) is 73.0 Å². The summed E-state index contributed by atoms with van der Waals surface area (Å²) in [6.45, 7) is -0.818. The fraction of sp³-hybridized carbons (Fsp3) is 0.375. The number of nitro groups is 1. The maximum Gasteiger partial charge on any atom is 0.333 e. The Morgan fingerprint density at radius 2 is 1.89 bits per heavy atom. The lowest BCUT2D eigenvalue weighted by Crippen LogP contribution is -2.42. The van der Waals surface area contributed by atoms with Gasteiger partial charge >= 0.3 is 5.69 Å². The van der Waals surface area contributed by atoms with Crippen LogP contribution in [0.25, 0.3) is 0 Å². The summed E-state index contributed by atoms with van der Waals surface area (Å²) in [6.07, 6.45) is -5.20. The van der Waals surface area contributed by atoms with Gasteiger partial charge in [-0.05, 0) is 5.56 Å². The van der Waals surface area contributed by atoms with E-state index in [1.807, 2.05) is 0 Å². The van der Waals surface area contributed by atoms with E-state index < -0.39 is 47.4 Å². The third-order valence-electron chi connectivity index (χ3n) is 4.33. The lowest BCUT2D eigenvalue weighted by Gasteiger charge is -2.17. The summed E-state index contributed by atoms with van der Waals surface area (Å²) >= 11 is 0. The molecule has 0 amide bonds. The van der Waals surface area contributed by atoms with Gasteiger partial charge in [0.25, 0.3) is 11.2 Å². The number of aromatic nitrogens is 2. The van der Waals surface area contributed by atoms with E-state index in [2.05, 4.69) is 0 Å². The zero-order valence-electron chi connectivity index (χ0n) is 13.8. The highest BCUT2D eigenvalue weighted by Crippen LogP contribution is 2.30. The number of nitro benzene ring substituents is 1. The van der Waals surface area contributed by atoms with Crippen LogP contribution < -0.4 is 11.2 Å². The number of non-ortho nitro benzene ring substituents is 1. The molecule has 1 unspecified atom stereocenters. The van der Waals surface area contributed by atoms with Crippen LogP contribution in [0.4, 0.5) is 10.1 Å². The SMILES string of the molecule is O=c1ccn([C@@H]2O[C@H](CO)C(O)[C@@H]2F)c(=O)n1Cc1ccc([N+](=O)[O-])cc1. The number of alkyl halides is 1. The molecule has 0 aliphatic carbocycles. The smallest absolute Gasteiger partial charge is 0.333 e. The van der Waals surface area contributed by atoms with Gasteiger partial charge in [0.1, 0.15) is 12.2 Å². The molecule has 10 nitrogen and oxygen atoms in total. The van der Waals surface area contributed by atoms with Gasteiger partial charge in [0.05, 0.1) is 18.1 Å². The van der Waals surface area contributed by atoms with Crippen molar-refractivity contribution in [2.75, 3.05) is 6.61 Å². The monoisotopic (exact) mass is 381 g/mol. The fourth-order valence-corrected chi connectivity index (χ4v) is 2.85. The highest BCUT2D eigenvalue weighted by atomic mass is 19.1. The molecule has 1 aromatic carbocycles. The first-order valence-electron chi connectivity index (χ1n) is 7.97. The summed E-state index contributed by atoms with van der Waals surface area (Å²) < 4.78 is 21.1. The van der Waals surface area contributed by atoms with Gasteiger partial charge in [-0.15, -0.1) is 0 Å². The Bertz CT molecular complexity index is 956. The summed E-state index contributed by atoms with van der Waals surface area (Å²) in [7, 11) is 0. The van der Waals surface area contributed by atoms with E-state index in [9.17, 15) is 29.2 Å². The van der Waals surface area contributed by atoms with Crippen LogP contribution in [0.1, 0.15) is 11.8 Å². The molecule has 11 heteroatoms. The molecule has 1 aromatic heterocycles. The quantitative estimate of drug-likeness (QED) is 0.529. The first-order chi connectivity index (χ1) is 12.8. The summed E-state index contributed by atoms with van der Waals surface area (Å²) in [6, 6.07) is 6.32. The van der Waals surface area contributed by atoms with Crippen LogP contribution in [-0.4, -0.2) is 49.3 Å². The molecule has 1 fully saturated rings. The summed E-state index contributed by atoms with van der Waals surface area (Å²) in [5, 5.41) is 29.5. The zero-order valence-corrected chi connectivity index (χ0v) is 13.8. The molecule has 0 bridgehead atoms. The molecule has 3 rings (SSSR count). The van der Waals surface area contributed by atoms with Crippen molar-refractivity contribution < 1.29 is 24.3 Å². The molecule has 4 atom stereocenters. The summed E-state index contributed by atoms with van der Waals surface area (Å²) in [5.74, 6) is 0. The van der Waals surface area contributed by atoms with Crippen LogP contribution in [0.15, 0.2) is 46.1 Å². The average Bonchev–Trinajstić information content (AvgIpc) is 2.94. The van der Waals surface area contributed by atoms with E-state index in [1.165, 1.54) is 24.3 Å². The number of aliphatic hydroxyl groups is 2. The minimum Gasteiger partial charge on any atom is -0.394 e. The molecule has 27 heavy (non-hydrogen) atoms. The van der Waals surface area contributed by atoms with Crippen molar-refractivity contribution in [2.24, 2.45) is 0 Å². The summed E-state index contributed by atoms with van der Waals surface area (Å²) in [4.78, 5) is 34.8. The van der Waals surface area contributed by atoms with Crippen LogP contribution in [0.5, 0.6) is 0 Å². The van der Waals surface area contributed by atoms with E-state index in [1.54, 1.807) is 0 Å². The van der Waals surface area contributed by atoms with Crippen molar-refractivity contribution >= 4 is 5.69 Å². The van der Waals surface area contributed by atoms with Crippen molar-refractivity contribution in [3.8, 4) is 0 Å². The number of hydrogen-bond acceptors (Lipinski definition) is 7. The van der Waals surface area contributed by atoms with Crippen molar-refractivity contribution in [1.82, 2.24) is 9.13 Å². The number of hydrogen-bond donors (Lipinski definition) is 2. The van der Waals surface area contributed by atoms with Gasteiger partial charge in [0.15, 0.2) is 12.4 Å². The maximum atomic E-state index is 14.3. The van der Waals surface area contributed by atoms with Gasteiger partial charge in [-0.1, -0.05) is 12.1 Å². The van der Waals surface area contributed by atoms with Crippen LogP contribution in [-0.2, 0) is 11.3 Å². The van der Waals surface area contributed by atoms with Gasteiger partial charge < -0.3 is 14.9 Å². The number of halogens is 1. The standard InChI is InChI=1S/C16H16FN3O7/c17-13-14(23)11(8-21)27-15(13)18-6-5-12(22)19(16(18)24)7-9-1-3-10(4-2-9)20(25)26/h1-6,11,13-15,21,23H,7-8H2/t11-,13+,14?,15-/m1/s1. The van der Waals surface area contributed by atoms with Crippen LogP contribution in [0.2, 0.25) is 0 Å². The second kappa shape index (κ2) is 7.39. The minimum atomic E-state index is -1.97. The van der Waals surface area contributed by atoms with Crippen LogP contribution in [0, 0.1) is 10.1 Å². The second-order valence-electron chi connectivity index (χ2n) is 6.04. The third kappa shape index (κ3) is 3.52. The topological polar surface area (TPSA) is 137 Å². The Hall–Kier alpha value is -2.89. The molecular formula is C16H16FN3O7. The molecule has 0 radical (unpaired) electrons. The number of benzene rings is 1. The molecule has 0 saturated carbocycles. The zero-order chi connectivity index (χ0) is 19.7. The number of ether oxygens (including phenoxy) is 1. The second-order valence-corrected chi connectivity index (χ2v) is 6.04. The predicted molar refractivity (Wildman–Crippen MR) is 89.1 cm³/mol. The van der Waals surface area contributed by atoms with E-state index in [4.69, 9.17) is 9.84 Å². The van der Waals surface area contributed by atoms with Crippen LogP contribution >= 0.6 is 0 Å². The molecule has 2 heterocycles. The molecule has 1 aliphatic rings. The first kappa shape index (κ1) is 18.9. The van der Waals surface area contributed by atoms with E-state index in [0.29, 0.717) is 5.56 Å². The normalized spacial score (nSPS) is 24.9. The Morgan fingerprint density at radius 1 is 1.22 bits per heavy atom. The lowest BCUT2D eigenvalue weighted by atomic mass is 10.1. The van der Waals surface area contributed by atoms with Gasteiger partial charge in [-0.25, -0.2) is 9.18 Å². The van der Waals surface area contributed by atoms with E-state index >= 15 is 0 Å². The Labute approximate surface area is 150 Å². The first-order valence-corrected chi connectivity index (χ1v) is 7.97. The highest BCUT2D eigenvalue weighted by Gasteiger charge is 2.45. The van der Waals surface area contributed by atoms with E-state index in [0.717, 1.165) is 21.4 Å². The van der Waals surface area contributed by atoms with Crippen molar-refractivity contribution in [3.63, 3.8) is 0 Å². The van der Waals surface area contributed by atoms with Crippen molar-refractivity contribution in [1.29, 1.82) is 0 Å². The van der Waals surface area contributed by atoms with Gasteiger partial charge in [0, 0.05) is 24.4 Å². The molecule has 144 valence electrons. The lowest BCUT2D eigenvalue weighted by molar-refractivity contribution is -0.384. The Balaban J connectivity index is 1.94. The highest BCUT2D eigenvalue weighted by molar-refractivity contribution is 5.32. The molecular weight excluding hydrogens is 365 g/mol. The van der Waals surface area contributed by atoms with Gasteiger partial charge in [-0.2, -0.15) is 0 Å². The molecule has 1 saturated heterocycles. The molecule has 2 aromatic rings. The van der Waals surface area contributed by atoms with Crippen LogP contribution in [0.3, 0.4) is 0 Å².